The maximum Gasteiger partial charge on any atom is 0.157 e. The fourth-order valence-corrected chi connectivity index (χ4v) is 3.31. The molecule has 0 spiro atoms. The van der Waals surface area contributed by atoms with Crippen molar-refractivity contribution in [1.82, 2.24) is 10.0 Å². The second-order valence-corrected chi connectivity index (χ2v) is 6.54. The Morgan fingerprint density at radius 1 is 1.30 bits per heavy atom. The number of likely N-dealkylation sites (N-methyl/N-ethyl adjacent to an activating group) is 1. The van der Waals surface area contributed by atoms with Crippen LogP contribution >= 0.6 is 0 Å². The summed E-state index contributed by atoms with van der Waals surface area (Å²) in [6.45, 7) is 10.6. The molecule has 0 radical (unpaired) electrons. The van der Waals surface area contributed by atoms with Crippen molar-refractivity contribution >= 4 is 6.29 Å². The van der Waals surface area contributed by atoms with Crippen molar-refractivity contribution in [2.45, 2.75) is 33.7 Å². The average Bonchev–Trinajstić information content (AvgIpc) is 3.27. The molecule has 0 fully saturated rings. The second kappa shape index (κ2) is 9.58. The molecule has 1 N–H and O–H groups in total. The Morgan fingerprint density at radius 2 is 2.04 bits per heavy atom. The number of hydrogen-bond acceptors (Lipinski definition) is 6. The lowest BCUT2D eigenvalue weighted by Crippen LogP contribution is -2.40. The molecule has 2 aliphatic rings. The number of hydrazine groups is 1. The first-order chi connectivity index (χ1) is 13.0. The zero-order valence-electron chi connectivity index (χ0n) is 16.9. The SMILES string of the molecule is CC.CC(C)N1C(C2=C(COc3cccc(O)c3C=O)COC2)=CCN1C. The van der Waals surface area contributed by atoms with Gasteiger partial charge in [-0.05, 0) is 32.1 Å². The lowest BCUT2D eigenvalue weighted by molar-refractivity contribution is 0.0399. The maximum absolute atomic E-state index is 11.2. The number of rotatable bonds is 6. The summed E-state index contributed by atoms with van der Waals surface area (Å²) in [5.41, 5.74) is 3.55. The first-order valence-electron chi connectivity index (χ1n) is 9.42. The lowest BCUT2D eigenvalue weighted by atomic mass is 10.1. The summed E-state index contributed by atoms with van der Waals surface area (Å²) in [4.78, 5) is 11.2. The standard InChI is InChI=1S/C19H24N2O4.C2H6/c1-13(2)21-17(7-8-20(21)3)16-12-24-10-14(16)11-25-19-6-4-5-18(23)15(19)9-22;1-2/h4-7,9,13,23H,8,10-12H2,1-3H3;1-2H3. The summed E-state index contributed by atoms with van der Waals surface area (Å²) < 4.78 is 11.5. The number of nitrogens with zero attached hydrogens (tertiary/aromatic N) is 2. The number of aldehydes is 1. The van der Waals surface area contributed by atoms with Crippen molar-refractivity contribution in [2.24, 2.45) is 0 Å². The molecular weight excluding hydrogens is 344 g/mol. The zero-order valence-corrected chi connectivity index (χ0v) is 16.9. The van der Waals surface area contributed by atoms with E-state index in [0.29, 0.717) is 37.9 Å². The van der Waals surface area contributed by atoms with Gasteiger partial charge in [-0.15, -0.1) is 0 Å². The Labute approximate surface area is 161 Å². The molecule has 1 aromatic rings. The van der Waals surface area contributed by atoms with Crippen molar-refractivity contribution in [1.29, 1.82) is 0 Å². The molecule has 6 nitrogen and oxygen atoms in total. The van der Waals surface area contributed by atoms with E-state index in [0.717, 1.165) is 17.7 Å². The molecule has 0 aliphatic carbocycles. The third kappa shape index (κ3) is 4.51. The molecule has 0 saturated heterocycles. The van der Waals surface area contributed by atoms with Gasteiger partial charge in [0.25, 0.3) is 0 Å². The molecule has 0 bridgehead atoms. The summed E-state index contributed by atoms with van der Waals surface area (Å²) in [6.07, 6.45) is 2.81. The normalized spacial score (nSPS) is 17.1. The molecular formula is C21H30N2O4. The number of ether oxygens (including phenoxy) is 2. The minimum Gasteiger partial charge on any atom is -0.507 e. The average molecular weight is 374 g/mol. The van der Waals surface area contributed by atoms with Gasteiger partial charge in [-0.25, -0.2) is 5.01 Å². The largest absolute Gasteiger partial charge is 0.507 e. The van der Waals surface area contributed by atoms with Gasteiger partial charge in [0.05, 0.1) is 24.5 Å². The van der Waals surface area contributed by atoms with E-state index in [-0.39, 0.29) is 11.3 Å². The molecule has 0 amide bonds. The molecule has 0 atom stereocenters. The van der Waals surface area contributed by atoms with Gasteiger partial charge in [0.2, 0.25) is 0 Å². The van der Waals surface area contributed by atoms with Gasteiger partial charge < -0.3 is 19.6 Å². The van der Waals surface area contributed by atoms with E-state index in [1.54, 1.807) is 12.1 Å². The molecule has 27 heavy (non-hydrogen) atoms. The van der Waals surface area contributed by atoms with Crippen LogP contribution in [0.1, 0.15) is 38.1 Å². The van der Waals surface area contributed by atoms with Crippen molar-refractivity contribution in [2.75, 3.05) is 33.4 Å². The van der Waals surface area contributed by atoms with Crippen LogP contribution in [0.2, 0.25) is 0 Å². The Bertz CT molecular complexity index is 725. The first-order valence-corrected chi connectivity index (χ1v) is 9.42. The number of carbonyl (C=O) groups is 1. The Balaban J connectivity index is 0.00000126. The monoisotopic (exact) mass is 374 g/mol. The molecule has 0 aromatic heterocycles. The Hall–Kier alpha value is -2.31. The van der Waals surface area contributed by atoms with Gasteiger partial charge in [-0.3, -0.25) is 4.79 Å². The second-order valence-electron chi connectivity index (χ2n) is 6.54. The van der Waals surface area contributed by atoms with Gasteiger partial charge in [0.15, 0.2) is 6.29 Å². The minimum atomic E-state index is -0.0736. The predicted octanol–water partition coefficient (Wildman–Crippen LogP) is 3.39. The van der Waals surface area contributed by atoms with E-state index in [2.05, 4.69) is 37.0 Å². The van der Waals surface area contributed by atoms with Gasteiger partial charge in [-0.2, -0.15) is 0 Å². The summed E-state index contributed by atoms with van der Waals surface area (Å²) in [5, 5.41) is 14.2. The van der Waals surface area contributed by atoms with Crippen LogP contribution in [0.4, 0.5) is 0 Å². The fraction of sp³-hybridized carbons (Fsp3) is 0.476. The third-order valence-corrected chi connectivity index (χ3v) is 4.47. The van der Waals surface area contributed by atoms with Crippen LogP contribution in [-0.2, 0) is 4.74 Å². The Morgan fingerprint density at radius 3 is 2.70 bits per heavy atom. The number of carbonyl (C=O) groups excluding carboxylic acids is 1. The molecule has 0 saturated carbocycles. The van der Waals surface area contributed by atoms with Crippen LogP contribution in [0.3, 0.4) is 0 Å². The molecule has 6 heteroatoms. The van der Waals surface area contributed by atoms with Crippen LogP contribution in [0.15, 0.2) is 41.1 Å². The van der Waals surface area contributed by atoms with Crippen LogP contribution in [-0.4, -0.2) is 60.9 Å². The smallest absolute Gasteiger partial charge is 0.157 e. The Kier molecular flexibility index (Phi) is 7.45. The van der Waals surface area contributed by atoms with Crippen LogP contribution in [0, 0.1) is 0 Å². The fourth-order valence-electron chi connectivity index (χ4n) is 3.31. The highest BCUT2D eigenvalue weighted by Crippen LogP contribution is 2.31. The van der Waals surface area contributed by atoms with Crippen LogP contribution in [0.25, 0.3) is 0 Å². The number of hydrogen-bond donors (Lipinski definition) is 1. The van der Waals surface area contributed by atoms with E-state index < -0.39 is 0 Å². The van der Waals surface area contributed by atoms with E-state index in [1.165, 1.54) is 11.8 Å². The van der Waals surface area contributed by atoms with Crippen molar-refractivity contribution in [3.63, 3.8) is 0 Å². The summed E-state index contributed by atoms with van der Waals surface area (Å²) in [5.74, 6) is 0.308. The molecule has 1 aromatic carbocycles. The molecule has 2 aliphatic heterocycles. The highest BCUT2D eigenvalue weighted by atomic mass is 16.5. The summed E-state index contributed by atoms with van der Waals surface area (Å²) >= 11 is 0. The van der Waals surface area contributed by atoms with Gasteiger partial charge in [0, 0.05) is 30.8 Å². The minimum absolute atomic E-state index is 0.0736. The van der Waals surface area contributed by atoms with E-state index in [1.807, 2.05) is 13.8 Å². The lowest BCUT2D eigenvalue weighted by Gasteiger charge is -2.34. The maximum atomic E-state index is 11.2. The summed E-state index contributed by atoms with van der Waals surface area (Å²) in [6, 6.07) is 5.16. The first kappa shape index (κ1) is 21.0. The predicted molar refractivity (Wildman–Crippen MR) is 106 cm³/mol. The quantitative estimate of drug-likeness (QED) is 0.770. The van der Waals surface area contributed by atoms with E-state index in [4.69, 9.17) is 9.47 Å². The number of aromatic hydroxyl groups is 1. The van der Waals surface area contributed by atoms with Crippen LogP contribution in [0.5, 0.6) is 11.5 Å². The molecule has 0 unspecified atom stereocenters. The molecule has 2 heterocycles. The van der Waals surface area contributed by atoms with E-state index >= 15 is 0 Å². The van der Waals surface area contributed by atoms with Crippen molar-refractivity contribution < 1.29 is 19.4 Å². The number of phenols is 1. The molecule has 3 rings (SSSR count). The summed E-state index contributed by atoms with van der Waals surface area (Å²) in [7, 11) is 2.07. The van der Waals surface area contributed by atoms with Gasteiger partial charge in [-0.1, -0.05) is 19.9 Å². The van der Waals surface area contributed by atoms with Crippen molar-refractivity contribution in [3.05, 3.63) is 46.7 Å². The van der Waals surface area contributed by atoms with Crippen molar-refractivity contribution in [3.8, 4) is 11.5 Å². The zero-order chi connectivity index (χ0) is 20.0. The molecule has 148 valence electrons. The van der Waals surface area contributed by atoms with Gasteiger partial charge in [0.1, 0.15) is 18.1 Å². The van der Waals surface area contributed by atoms with Crippen LogP contribution < -0.4 is 4.74 Å². The van der Waals surface area contributed by atoms with Gasteiger partial charge >= 0.3 is 0 Å². The highest BCUT2D eigenvalue weighted by Gasteiger charge is 2.29. The number of benzene rings is 1. The third-order valence-electron chi connectivity index (χ3n) is 4.47. The van der Waals surface area contributed by atoms with E-state index in [9.17, 15) is 9.90 Å². The number of phenolic OH excluding ortho intramolecular Hbond substituents is 1. The highest BCUT2D eigenvalue weighted by molar-refractivity contribution is 5.83. The topological polar surface area (TPSA) is 62.2 Å².